The zero-order valence-corrected chi connectivity index (χ0v) is 10.2. The second kappa shape index (κ2) is 5.74. The zero-order chi connectivity index (χ0) is 9.68. The molecule has 1 aliphatic heterocycles. The molecule has 13 heavy (non-hydrogen) atoms. The summed E-state index contributed by atoms with van der Waals surface area (Å²) in [7, 11) is 1.95. The van der Waals surface area contributed by atoms with Crippen LogP contribution in [0.15, 0.2) is 12.7 Å². The first kappa shape index (κ1) is 11.2. The Labute approximate surface area is 87.7 Å². The molecular formula is C8H13IO3S. The SMILES string of the molecule is C=CCCI1SCC[C@@H]1OC(=O)O. The number of hydrogen-bond acceptors (Lipinski definition) is 3. The van der Waals surface area contributed by atoms with E-state index in [9.17, 15) is 4.79 Å². The van der Waals surface area contributed by atoms with E-state index < -0.39 is 24.6 Å². The molecule has 5 heteroatoms. The third-order valence-corrected chi connectivity index (χ3v) is 12.4. The van der Waals surface area contributed by atoms with Gasteiger partial charge in [-0.2, -0.15) is 0 Å². The number of alkyl halides is 2. The van der Waals surface area contributed by atoms with E-state index in [4.69, 9.17) is 9.84 Å². The van der Waals surface area contributed by atoms with E-state index in [0.717, 1.165) is 23.0 Å². The number of halogens is 1. The number of hydrogen-bond donors (Lipinski definition) is 1. The van der Waals surface area contributed by atoms with Crippen LogP contribution in [0.2, 0.25) is 0 Å². The van der Waals surface area contributed by atoms with Gasteiger partial charge in [0.15, 0.2) is 0 Å². The predicted molar refractivity (Wildman–Crippen MR) is 63.7 cm³/mol. The van der Waals surface area contributed by atoms with Crippen molar-refractivity contribution in [2.45, 2.75) is 17.0 Å². The van der Waals surface area contributed by atoms with Crippen LogP contribution >= 0.6 is 27.4 Å². The molecule has 0 aliphatic carbocycles. The molecule has 0 aromatic carbocycles. The first-order chi connectivity index (χ1) is 6.24. The summed E-state index contributed by atoms with van der Waals surface area (Å²) < 4.78 is 6.02. The summed E-state index contributed by atoms with van der Waals surface area (Å²) in [5.41, 5.74) is 0. The van der Waals surface area contributed by atoms with Gasteiger partial charge in [0.1, 0.15) is 0 Å². The molecule has 1 fully saturated rings. The minimum absolute atomic E-state index is 0.0478. The molecule has 3 nitrogen and oxygen atoms in total. The quantitative estimate of drug-likeness (QED) is 0.375. The van der Waals surface area contributed by atoms with Gasteiger partial charge in [-0.25, -0.2) is 0 Å². The summed E-state index contributed by atoms with van der Waals surface area (Å²) in [6, 6.07) is 0. The van der Waals surface area contributed by atoms with Crippen LogP contribution < -0.4 is 0 Å². The summed E-state index contributed by atoms with van der Waals surface area (Å²) >= 11 is -1.20. The maximum atomic E-state index is 10.3. The van der Waals surface area contributed by atoms with E-state index in [1.54, 1.807) is 0 Å². The fraction of sp³-hybridized carbons (Fsp3) is 0.625. The summed E-state index contributed by atoms with van der Waals surface area (Å²) in [5.74, 6) is 1.07. The number of allylic oxidation sites excluding steroid dienone is 1. The van der Waals surface area contributed by atoms with Gasteiger partial charge >= 0.3 is 87.9 Å². The van der Waals surface area contributed by atoms with E-state index in [0.29, 0.717) is 0 Å². The van der Waals surface area contributed by atoms with E-state index in [1.807, 2.05) is 15.0 Å². The van der Waals surface area contributed by atoms with Gasteiger partial charge in [-0.1, -0.05) is 0 Å². The van der Waals surface area contributed by atoms with Crippen LogP contribution in [0.5, 0.6) is 0 Å². The zero-order valence-electron chi connectivity index (χ0n) is 7.24. The molecule has 0 unspecified atom stereocenters. The van der Waals surface area contributed by atoms with E-state index in [1.165, 1.54) is 0 Å². The van der Waals surface area contributed by atoms with Gasteiger partial charge in [-0.15, -0.1) is 0 Å². The topological polar surface area (TPSA) is 46.5 Å². The third-order valence-electron chi connectivity index (χ3n) is 1.56. The molecular weight excluding hydrogens is 303 g/mol. The molecule has 0 saturated carbocycles. The fourth-order valence-electron chi connectivity index (χ4n) is 1.01. The predicted octanol–water partition coefficient (Wildman–Crippen LogP) is 3.14. The van der Waals surface area contributed by atoms with Crippen LogP contribution in [0.1, 0.15) is 12.8 Å². The maximum absolute atomic E-state index is 10.3. The Morgan fingerprint density at radius 3 is 3.23 bits per heavy atom. The van der Waals surface area contributed by atoms with Crippen LogP contribution in [-0.2, 0) is 4.74 Å². The van der Waals surface area contributed by atoms with Gasteiger partial charge < -0.3 is 0 Å². The van der Waals surface area contributed by atoms with Crippen molar-refractivity contribution in [1.29, 1.82) is 0 Å². The Morgan fingerprint density at radius 2 is 2.62 bits per heavy atom. The molecule has 1 rings (SSSR count). The van der Waals surface area contributed by atoms with Gasteiger partial charge in [0.2, 0.25) is 0 Å². The second-order valence-electron chi connectivity index (χ2n) is 2.51. The Hall–Kier alpha value is 0.0900. The first-order valence-electron chi connectivity index (χ1n) is 4.02. The van der Waals surface area contributed by atoms with Crippen LogP contribution in [0, 0.1) is 0 Å². The Bertz CT molecular complexity index is 198. The van der Waals surface area contributed by atoms with Gasteiger partial charge in [-0.05, 0) is 0 Å². The van der Waals surface area contributed by atoms with Crippen LogP contribution in [0.3, 0.4) is 0 Å². The van der Waals surface area contributed by atoms with Gasteiger partial charge in [0.25, 0.3) is 0 Å². The van der Waals surface area contributed by atoms with Crippen LogP contribution in [-0.4, -0.2) is 25.6 Å². The average Bonchev–Trinajstić information content (AvgIpc) is 2.48. The Balaban J connectivity index is 2.34. The monoisotopic (exact) mass is 316 g/mol. The fourth-order valence-corrected chi connectivity index (χ4v) is 11.5. The van der Waals surface area contributed by atoms with Crippen molar-refractivity contribution >= 4 is 33.5 Å². The third kappa shape index (κ3) is 3.76. The average molecular weight is 316 g/mol. The van der Waals surface area contributed by atoms with E-state index in [-0.39, 0.29) is 4.11 Å². The summed E-state index contributed by atoms with van der Waals surface area (Å²) in [6.07, 6.45) is 2.69. The van der Waals surface area contributed by atoms with Crippen LogP contribution in [0.25, 0.3) is 0 Å². The molecule has 0 aromatic rings. The summed E-state index contributed by atoms with van der Waals surface area (Å²) in [4.78, 5) is 10.3. The Morgan fingerprint density at radius 1 is 1.85 bits per heavy atom. The van der Waals surface area contributed by atoms with Crippen molar-refractivity contribution in [3.63, 3.8) is 0 Å². The van der Waals surface area contributed by atoms with Crippen molar-refractivity contribution in [1.82, 2.24) is 0 Å². The molecule has 0 aromatic heterocycles. The minimum atomic E-state index is -1.20. The molecule has 1 heterocycles. The molecule has 1 saturated heterocycles. The molecule has 0 radical (unpaired) electrons. The molecule has 0 spiro atoms. The van der Waals surface area contributed by atoms with E-state index in [2.05, 4.69) is 6.58 Å². The van der Waals surface area contributed by atoms with E-state index >= 15 is 0 Å². The molecule has 1 atom stereocenters. The molecule has 76 valence electrons. The normalized spacial score (nSPS) is 24.3. The molecule has 0 bridgehead atoms. The van der Waals surface area contributed by atoms with Crippen LogP contribution in [0.4, 0.5) is 4.79 Å². The summed E-state index contributed by atoms with van der Waals surface area (Å²) in [5, 5.41) is 8.49. The molecule has 0 amide bonds. The molecule has 1 aliphatic rings. The van der Waals surface area contributed by atoms with Crippen molar-refractivity contribution in [2.24, 2.45) is 0 Å². The standard InChI is InChI=1S/C8H13IO3S/c1-2-3-5-9-7(4-6-13-9)12-8(10)11/h2,7H,1,3-6H2,(H,10,11)/t7-/m0/s1. The number of ether oxygens (including phenoxy) is 1. The van der Waals surface area contributed by atoms with Gasteiger partial charge in [0, 0.05) is 0 Å². The van der Waals surface area contributed by atoms with Gasteiger partial charge in [-0.3, -0.25) is 0 Å². The number of carboxylic acid groups (broad SMARTS) is 1. The number of carbonyl (C=O) groups is 1. The van der Waals surface area contributed by atoms with Gasteiger partial charge in [0.05, 0.1) is 0 Å². The van der Waals surface area contributed by atoms with Crippen molar-refractivity contribution < 1.29 is 14.6 Å². The van der Waals surface area contributed by atoms with Crippen molar-refractivity contribution in [3.8, 4) is 0 Å². The second-order valence-corrected chi connectivity index (χ2v) is 12.1. The van der Waals surface area contributed by atoms with Crippen molar-refractivity contribution in [2.75, 3.05) is 10.2 Å². The molecule has 1 N–H and O–H groups in total. The summed E-state index contributed by atoms with van der Waals surface area (Å²) in [6.45, 7) is 3.67. The van der Waals surface area contributed by atoms with Crippen molar-refractivity contribution in [3.05, 3.63) is 12.7 Å². The number of rotatable bonds is 4. The first-order valence-corrected chi connectivity index (χ1v) is 10.3. The Kier molecular flexibility index (Phi) is 4.93.